The van der Waals surface area contributed by atoms with Gasteiger partial charge in [0.25, 0.3) is 0 Å². The van der Waals surface area contributed by atoms with E-state index in [1.54, 1.807) is 12.1 Å². The second kappa shape index (κ2) is 4.49. The van der Waals surface area contributed by atoms with E-state index in [2.05, 4.69) is 5.32 Å². The number of anilines is 1. The molecule has 0 spiro atoms. The van der Waals surface area contributed by atoms with Crippen molar-refractivity contribution in [3.05, 3.63) is 28.8 Å². The number of nitriles is 1. The Balaban J connectivity index is 2.80. The summed E-state index contributed by atoms with van der Waals surface area (Å²) >= 11 is 5.79. The summed E-state index contributed by atoms with van der Waals surface area (Å²) < 4.78 is 0. The summed E-state index contributed by atoms with van der Waals surface area (Å²) in [6, 6.07) is 6.55. The van der Waals surface area contributed by atoms with Gasteiger partial charge in [-0.3, -0.25) is 4.79 Å². The molecule has 72 valence electrons. The Hall–Kier alpha value is -1.73. The summed E-state index contributed by atoms with van der Waals surface area (Å²) in [6.45, 7) is -0.203. The fourth-order valence-corrected chi connectivity index (χ4v) is 1.15. The van der Waals surface area contributed by atoms with Gasteiger partial charge in [0.2, 0.25) is 0 Å². The number of nitrogens with one attached hydrogen (secondary N) is 1. The molecule has 0 saturated carbocycles. The topological polar surface area (TPSA) is 73.1 Å². The van der Waals surface area contributed by atoms with E-state index in [0.717, 1.165) is 0 Å². The van der Waals surface area contributed by atoms with Gasteiger partial charge in [0.1, 0.15) is 6.54 Å². The van der Waals surface area contributed by atoms with E-state index in [4.69, 9.17) is 22.0 Å². The third-order valence-electron chi connectivity index (χ3n) is 1.53. The molecule has 0 aliphatic carbocycles. The van der Waals surface area contributed by atoms with Crippen LogP contribution in [-0.2, 0) is 4.79 Å². The van der Waals surface area contributed by atoms with Crippen LogP contribution in [0.2, 0.25) is 5.02 Å². The Kier molecular flexibility index (Phi) is 3.32. The van der Waals surface area contributed by atoms with Crippen LogP contribution in [0.1, 0.15) is 5.56 Å². The molecule has 0 saturated heterocycles. The fourth-order valence-electron chi connectivity index (χ4n) is 0.899. The van der Waals surface area contributed by atoms with E-state index in [9.17, 15) is 4.79 Å². The average Bonchev–Trinajstić information content (AvgIpc) is 2.15. The number of rotatable bonds is 3. The van der Waals surface area contributed by atoms with Gasteiger partial charge < -0.3 is 10.4 Å². The number of nitrogens with zero attached hydrogens (tertiary/aromatic N) is 1. The maximum atomic E-state index is 10.2. The minimum Gasteiger partial charge on any atom is -0.480 e. The molecular weight excluding hydrogens is 204 g/mol. The minimum absolute atomic E-state index is 0.203. The first kappa shape index (κ1) is 10.4. The normalized spacial score (nSPS) is 9.14. The zero-order valence-electron chi connectivity index (χ0n) is 7.12. The molecule has 5 heteroatoms. The van der Waals surface area contributed by atoms with Gasteiger partial charge in [-0.05, 0) is 18.2 Å². The number of carbonyl (C=O) groups is 1. The molecule has 0 amide bonds. The van der Waals surface area contributed by atoms with Crippen LogP contribution in [-0.4, -0.2) is 17.6 Å². The molecule has 0 bridgehead atoms. The van der Waals surface area contributed by atoms with E-state index in [0.29, 0.717) is 16.3 Å². The lowest BCUT2D eigenvalue weighted by molar-refractivity contribution is -0.134. The van der Waals surface area contributed by atoms with E-state index in [1.165, 1.54) is 6.07 Å². The summed E-state index contributed by atoms with van der Waals surface area (Å²) in [5, 5.41) is 19.9. The van der Waals surface area contributed by atoms with Gasteiger partial charge in [-0.2, -0.15) is 5.26 Å². The van der Waals surface area contributed by atoms with Crippen LogP contribution in [0, 0.1) is 11.3 Å². The number of aliphatic carboxylic acids is 1. The largest absolute Gasteiger partial charge is 0.480 e. The number of carboxylic acids is 1. The Bertz CT molecular complexity index is 398. The monoisotopic (exact) mass is 210 g/mol. The van der Waals surface area contributed by atoms with Gasteiger partial charge in [-0.15, -0.1) is 0 Å². The predicted octanol–water partition coefficient (Wildman–Crippen LogP) is 1.71. The van der Waals surface area contributed by atoms with Crippen LogP contribution in [0.4, 0.5) is 5.69 Å². The first-order chi connectivity index (χ1) is 6.63. The summed E-state index contributed by atoms with van der Waals surface area (Å²) in [5.74, 6) is -0.967. The van der Waals surface area contributed by atoms with E-state index >= 15 is 0 Å². The van der Waals surface area contributed by atoms with Gasteiger partial charge >= 0.3 is 5.97 Å². The van der Waals surface area contributed by atoms with E-state index < -0.39 is 5.97 Å². The molecule has 0 atom stereocenters. The molecular formula is C9H7ClN2O2. The maximum absolute atomic E-state index is 10.2. The SMILES string of the molecule is N#Cc1ccc(NCC(=O)O)c(Cl)c1. The molecule has 0 aliphatic heterocycles. The molecule has 0 radical (unpaired) electrons. The highest BCUT2D eigenvalue weighted by Gasteiger charge is 2.02. The van der Waals surface area contributed by atoms with E-state index in [-0.39, 0.29) is 6.54 Å². The molecule has 0 heterocycles. The molecule has 1 rings (SSSR count). The number of hydrogen-bond acceptors (Lipinski definition) is 3. The number of carboxylic acid groups (broad SMARTS) is 1. The zero-order valence-corrected chi connectivity index (χ0v) is 7.88. The smallest absolute Gasteiger partial charge is 0.322 e. The highest BCUT2D eigenvalue weighted by Crippen LogP contribution is 2.22. The van der Waals surface area contributed by atoms with E-state index in [1.807, 2.05) is 6.07 Å². The van der Waals surface area contributed by atoms with Crippen molar-refractivity contribution in [2.75, 3.05) is 11.9 Å². The highest BCUT2D eigenvalue weighted by molar-refractivity contribution is 6.33. The minimum atomic E-state index is -0.967. The molecule has 14 heavy (non-hydrogen) atoms. The second-order valence-corrected chi connectivity index (χ2v) is 2.96. The highest BCUT2D eigenvalue weighted by atomic mass is 35.5. The van der Waals surface area contributed by atoms with Gasteiger partial charge in [0, 0.05) is 0 Å². The number of halogens is 1. The van der Waals surface area contributed by atoms with Crippen LogP contribution in [0.25, 0.3) is 0 Å². The van der Waals surface area contributed by atoms with Crippen LogP contribution in [0.15, 0.2) is 18.2 Å². The molecule has 1 aromatic rings. The first-order valence-corrected chi connectivity index (χ1v) is 4.16. The quantitative estimate of drug-likeness (QED) is 0.797. The molecule has 0 aromatic heterocycles. The standard InChI is InChI=1S/C9H7ClN2O2/c10-7-3-6(4-11)1-2-8(7)12-5-9(13)14/h1-3,12H,5H2,(H,13,14). The summed E-state index contributed by atoms with van der Waals surface area (Å²) in [5.41, 5.74) is 0.948. The molecule has 2 N–H and O–H groups in total. The van der Waals surface area contributed by atoms with Crippen molar-refractivity contribution in [1.82, 2.24) is 0 Å². The maximum Gasteiger partial charge on any atom is 0.322 e. The van der Waals surface area contributed by atoms with Crippen LogP contribution < -0.4 is 5.32 Å². The second-order valence-electron chi connectivity index (χ2n) is 2.55. The molecule has 0 fully saturated rings. The lowest BCUT2D eigenvalue weighted by atomic mass is 10.2. The molecule has 4 nitrogen and oxygen atoms in total. The average molecular weight is 211 g/mol. The molecule has 0 aliphatic rings. The zero-order chi connectivity index (χ0) is 10.6. The van der Waals surface area contributed by atoms with Crippen molar-refractivity contribution >= 4 is 23.3 Å². The number of hydrogen-bond donors (Lipinski definition) is 2. The van der Waals surface area contributed by atoms with Gasteiger partial charge in [0.15, 0.2) is 0 Å². The Morgan fingerprint density at radius 1 is 1.64 bits per heavy atom. The Labute approximate surface area is 85.7 Å². The van der Waals surface area contributed by atoms with Gasteiger partial charge in [-0.25, -0.2) is 0 Å². The lowest BCUT2D eigenvalue weighted by Gasteiger charge is -2.05. The Morgan fingerprint density at radius 2 is 2.36 bits per heavy atom. The summed E-state index contributed by atoms with van der Waals surface area (Å²) in [4.78, 5) is 10.2. The third kappa shape index (κ3) is 2.64. The Morgan fingerprint density at radius 3 is 2.86 bits per heavy atom. The van der Waals surface area contributed by atoms with Crippen molar-refractivity contribution in [1.29, 1.82) is 5.26 Å². The predicted molar refractivity (Wildman–Crippen MR) is 52.3 cm³/mol. The molecule has 0 unspecified atom stereocenters. The van der Waals surface area contributed by atoms with Crippen molar-refractivity contribution < 1.29 is 9.90 Å². The van der Waals surface area contributed by atoms with Gasteiger partial charge in [0.05, 0.1) is 22.3 Å². The summed E-state index contributed by atoms with van der Waals surface area (Å²) in [7, 11) is 0. The van der Waals surface area contributed by atoms with Crippen LogP contribution >= 0.6 is 11.6 Å². The van der Waals surface area contributed by atoms with Crippen molar-refractivity contribution in [3.63, 3.8) is 0 Å². The lowest BCUT2D eigenvalue weighted by Crippen LogP contribution is -2.12. The van der Waals surface area contributed by atoms with Crippen LogP contribution in [0.3, 0.4) is 0 Å². The summed E-state index contributed by atoms with van der Waals surface area (Å²) in [6.07, 6.45) is 0. The number of benzene rings is 1. The van der Waals surface area contributed by atoms with Crippen molar-refractivity contribution in [3.8, 4) is 6.07 Å². The molecule has 1 aromatic carbocycles. The van der Waals surface area contributed by atoms with Gasteiger partial charge in [-0.1, -0.05) is 11.6 Å². The fraction of sp³-hybridized carbons (Fsp3) is 0.111. The van der Waals surface area contributed by atoms with Crippen LogP contribution in [0.5, 0.6) is 0 Å². The van der Waals surface area contributed by atoms with Crippen molar-refractivity contribution in [2.24, 2.45) is 0 Å². The third-order valence-corrected chi connectivity index (χ3v) is 1.84. The van der Waals surface area contributed by atoms with Crippen molar-refractivity contribution in [2.45, 2.75) is 0 Å². The first-order valence-electron chi connectivity index (χ1n) is 3.79.